The number of fused-ring (bicyclic) bond motifs is 3. The third-order valence-corrected chi connectivity index (χ3v) is 6.82. The van der Waals surface area contributed by atoms with Crippen LogP contribution < -0.4 is 5.73 Å². The molecule has 0 radical (unpaired) electrons. The summed E-state index contributed by atoms with van der Waals surface area (Å²) in [6, 6.07) is 6.78. The van der Waals surface area contributed by atoms with Crippen LogP contribution in [0.1, 0.15) is 44.2 Å². The summed E-state index contributed by atoms with van der Waals surface area (Å²) in [4.78, 5) is 8.57. The van der Waals surface area contributed by atoms with Gasteiger partial charge in [-0.2, -0.15) is 0 Å². The lowest BCUT2D eigenvalue weighted by molar-refractivity contribution is -0.0445. The predicted molar refractivity (Wildman–Crippen MR) is 109 cm³/mol. The van der Waals surface area contributed by atoms with Gasteiger partial charge in [0.15, 0.2) is 0 Å². The molecule has 1 aromatic heterocycles. The lowest BCUT2D eigenvalue weighted by Crippen LogP contribution is -2.48. The molecule has 1 saturated carbocycles. The van der Waals surface area contributed by atoms with Crippen molar-refractivity contribution >= 4 is 6.02 Å². The second-order valence-electron chi connectivity index (χ2n) is 8.46. The first-order valence-electron chi connectivity index (χ1n) is 12.3. The average molecular weight is 401 g/mol. The van der Waals surface area contributed by atoms with Crippen LogP contribution in [0.15, 0.2) is 41.7 Å². The number of aromatic nitrogens is 1. The Morgan fingerprint density at radius 1 is 1.34 bits per heavy atom. The van der Waals surface area contributed by atoms with Gasteiger partial charge in [-0.3, -0.25) is 4.98 Å². The molecule has 1 aliphatic heterocycles. The molecule has 29 heavy (non-hydrogen) atoms. The quantitative estimate of drug-likeness (QED) is 0.832. The Labute approximate surface area is 177 Å². The minimum Gasteiger partial charge on any atom is -0.462 e. The first-order chi connectivity index (χ1) is 15.9. The maximum Gasteiger partial charge on any atom is 0.283 e. The Kier molecular flexibility index (Phi) is 3.08. The molecule has 0 saturated heterocycles. The van der Waals surface area contributed by atoms with E-state index in [1.807, 2.05) is 25.1 Å². The Balaban J connectivity index is 1.62. The number of nitrogens with two attached hydrogens (primary N) is 1. The van der Waals surface area contributed by atoms with Crippen molar-refractivity contribution in [2.24, 2.45) is 22.1 Å². The van der Waals surface area contributed by atoms with Crippen LogP contribution in [-0.2, 0) is 21.4 Å². The summed E-state index contributed by atoms with van der Waals surface area (Å²) in [7, 11) is -2.50. The highest BCUT2D eigenvalue weighted by molar-refractivity contribution is 5.76. The lowest BCUT2D eigenvalue weighted by Gasteiger charge is -2.47. The number of ether oxygens (including phenoxy) is 2. The zero-order chi connectivity index (χ0) is 24.5. The molecule has 1 fully saturated rings. The first-order valence-corrected chi connectivity index (χ1v) is 9.82. The molecule has 0 bridgehead atoms. The van der Waals surface area contributed by atoms with Gasteiger partial charge in [0.25, 0.3) is 6.02 Å². The normalized spacial score (nSPS) is 37.7. The number of rotatable bonds is 2. The van der Waals surface area contributed by atoms with Gasteiger partial charge >= 0.3 is 0 Å². The molecule has 2 N–H and O–H groups in total. The third kappa shape index (κ3) is 2.69. The monoisotopic (exact) mass is 400 g/mol. The molecule has 2 aliphatic carbocycles. The van der Waals surface area contributed by atoms with Crippen LogP contribution in [0.3, 0.4) is 0 Å². The lowest BCUT2D eigenvalue weighted by atomic mass is 9.59. The van der Waals surface area contributed by atoms with Gasteiger partial charge < -0.3 is 15.2 Å². The maximum atomic E-state index is 13.8. The number of methoxy groups -OCH3 is 1. The predicted octanol–water partition coefficient (Wildman–Crippen LogP) is 3.81. The summed E-state index contributed by atoms with van der Waals surface area (Å²) in [6.07, 6.45) is 4.17. The first kappa shape index (κ1) is 13.7. The van der Waals surface area contributed by atoms with E-state index in [1.54, 1.807) is 6.20 Å². The summed E-state index contributed by atoms with van der Waals surface area (Å²) < 4.78 is 64.9. The molecule has 2 heterocycles. The second kappa shape index (κ2) is 6.52. The van der Waals surface area contributed by atoms with Crippen LogP contribution in [0.2, 0.25) is 0 Å². The van der Waals surface area contributed by atoms with Gasteiger partial charge in [0.1, 0.15) is 17.9 Å². The molecular weight excluding hydrogens is 369 g/mol. The van der Waals surface area contributed by atoms with E-state index < -0.39 is 36.5 Å². The fourth-order valence-corrected chi connectivity index (χ4v) is 5.49. The van der Waals surface area contributed by atoms with E-state index in [4.69, 9.17) is 22.1 Å². The van der Waals surface area contributed by atoms with Gasteiger partial charge in [-0.1, -0.05) is 19.1 Å². The highest BCUT2D eigenvalue weighted by Crippen LogP contribution is 2.62. The van der Waals surface area contributed by atoms with E-state index >= 15 is 0 Å². The van der Waals surface area contributed by atoms with Crippen molar-refractivity contribution in [1.82, 2.24) is 4.98 Å². The molecule has 5 rings (SSSR count). The number of hydrogen-bond acceptors (Lipinski definition) is 5. The van der Waals surface area contributed by atoms with E-state index in [-0.39, 0.29) is 11.9 Å². The van der Waals surface area contributed by atoms with E-state index in [2.05, 4.69) is 9.98 Å². The fraction of sp³-hybridized carbons (Fsp3) is 0.478. The van der Waals surface area contributed by atoms with Gasteiger partial charge in [0.2, 0.25) is 0 Å². The second-order valence-corrected chi connectivity index (χ2v) is 8.46. The number of halogens is 1. The van der Waals surface area contributed by atoms with Gasteiger partial charge in [0, 0.05) is 24.2 Å². The Bertz CT molecular complexity index is 1170. The topological polar surface area (TPSA) is 69.7 Å². The number of benzene rings is 1. The van der Waals surface area contributed by atoms with Crippen LogP contribution in [0.4, 0.5) is 4.39 Å². The van der Waals surface area contributed by atoms with Crippen LogP contribution >= 0.6 is 0 Å². The minimum absolute atomic E-state index is 0.153. The van der Waals surface area contributed by atoms with Crippen LogP contribution in [0.5, 0.6) is 0 Å². The van der Waals surface area contributed by atoms with Crippen molar-refractivity contribution in [1.29, 1.82) is 0 Å². The fourth-order valence-electron chi connectivity index (χ4n) is 5.49. The molecule has 2 aromatic rings. The molecule has 6 heteroatoms. The molecular formula is C23H26FN3O2. The van der Waals surface area contributed by atoms with Crippen molar-refractivity contribution in [2.75, 3.05) is 13.6 Å². The molecule has 2 spiro atoms. The summed E-state index contributed by atoms with van der Waals surface area (Å²) in [5, 5.41) is 0. The molecule has 0 amide bonds. The number of amidine groups is 1. The molecule has 1 aromatic carbocycles. The van der Waals surface area contributed by atoms with E-state index in [0.717, 1.165) is 11.8 Å². The molecule has 5 nitrogen and oxygen atoms in total. The molecule has 0 unspecified atom stereocenters. The van der Waals surface area contributed by atoms with Gasteiger partial charge in [-0.05, 0) is 60.4 Å². The van der Waals surface area contributed by atoms with E-state index in [1.165, 1.54) is 6.07 Å². The highest BCUT2D eigenvalue weighted by Gasteiger charge is 2.62. The highest BCUT2D eigenvalue weighted by atomic mass is 19.1. The minimum atomic E-state index is -2.50. The maximum absolute atomic E-state index is 13.8. The van der Waals surface area contributed by atoms with Crippen LogP contribution in [0, 0.1) is 17.2 Å². The SMILES string of the molecule is [2H]C([2H])([2H])O[C@@H]1CC[C@]2(Cc3ccc(-c4cncc(F)c4)cc3[C@@]23N=C(N)OC3([2H])[2H])C[C@H]1C. The molecule has 3 aliphatic rings. The van der Waals surface area contributed by atoms with E-state index in [9.17, 15) is 4.39 Å². The zero-order valence-electron chi connectivity index (χ0n) is 21.1. The van der Waals surface area contributed by atoms with Gasteiger partial charge in [-0.25, -0.2) is 9.38 Å². The Hall–Kier alpha value is -2.47. The zero-order valence-corrected chi connectivity index (χ0v) is 16.1. The molecule has 4 atom stereocenters. The third-order valence-electron chi connectivity index (χ3n) is 6.82. The van der Waals surface area contributed by atoms with Gasteiger partial charge in [0.05, 0.1) is 19.2 Å². The van der Waals surface area contributed by atoms with Gasteiger partial charge in [-0.15, -0.1) is 0 Å². The summed E-state index contributed by atoms with van der Waals surface area (Å²) in [5.74, 6) is -0.618. The summed E-state index contributed by atoms with van der Waals surface area (Å²) in [5.41, 5.74) is 6.67. The van der Waals surface area contributed by atoms with Crippen molar-refractivity contribution in [3.8, 4) is 11.1 Å². The van der Waals surface area contributed by atoms with E-state index in [0.29, 0.717) is 42.4 Å². The van der Waals surface area contributed by atoms with Crippen molar-refractivity contribution in [2.45, 2.75) is 44.2 Å². The van der Waals surface area contributed by atoms with Crippen molar-refractivity contribution in [3.63, 3.8) is 0 Å². The van der Waals surface area contributed by atoms with Crippen molar-refractivity contribution < 1.29 is 20.7 Å². The largest absolute Gasteiger partial charge is 0.462 e. The smallest absolute Gasteiger partial charge is 0.283 e. The Morgan fingerprint density at radius 2 is 2.24 bits per heavy atom. The van der Waals surface area contributed by atoms with Crippen LogP contribution in [-0.4, -0.2) is 30.7 Å². The number of nitrogens with zero attached hydrogens (tertiary/aromatic N) is 2. The number of pyridine rings is 1. The molecule has 152 valence electrons. The average Bonchev–Trinajstić information content (AvgIpc) is 3.13. The van der Waals surface area contributed by atoms with Crippen LogP contribution in [0.25, 0.3) is 11.1 Å². The standard InChI is InChI=1S/C23H26FN3O2/c1-14-9-22(6-5-20(14)28-2)10-16-4-3-15(17-7-18(24)12-26-11-17)8-19(16)23(22)13-29-21(25)27-23/h3-4,7-8,11-12,14,20H,5-6,9-10,13H2,1-2H3,(H2,25,27)/t14-,20-,22-,23-/m1/s1/i2D3,13D2. The number of hydrogen-bond donors (Lipinski definition) is 1. The summed E-state index contributed by atoms with van der Waals surface area (Å²) >= 11 is 0. The Morgan fingerprint density at radius 3 is 2.97 bits per heavy atom. The number of aliphatic imine (C=N–C) groups is 1. The summed E-state index contributed by atoms with van der Waals surface area (Å²) in [6.45, 7) is -0.297. The van der Waals surface area contributed by atoms with Crippen molar-refractivity contribution in [3.05, 3.63) is 53.6 Å².